The summed E-state index contributed by atoms with van der Waals surface area (Å²) in [5.74, 6) is 0.873. The van der Waals surface area contributed by atoms with Crippen molar-refractivity contribution in [3.05, 3.63) is 51.4 Å². The van der Waals surface area contributed by atoms with Gasteiger partial charge in [0.15, 0.2) is 5.96 Å². The van der Waals surface area contributed by atoms with Crippen LogP contribution in [0.15, 0.2) is 41.7 Å². The number of guanidine groups is 1. The highest BCUT2D eigenvalue weighted by molar-refractivity contribution is 14.0. The molecule has 3 rings (SSSR count). The molecular weight excluding hydrogens is 469 g/mol. The Morgan fingerprint density at radius 3 is 2.96 bits per heavy atom. The summed E-state index contributed by atoms with van der Waals surface area (Å²) in [5, 5.41) is 4.59. The number of hydrogen-bond acceptors (Lipinski definition) is 3. The zero-order valence-electron chi connectivity index (χ0n) is 14.1. The Labute approximate surface area is 173 Å². The van der Waals surface area contributed by atoms with Gasteiger partial charge >= 0.3 is 0 Å². The Bertz CT molecular complexity index is 844. The lowest BCUT2D eigenvalue weighted by Gasteiger charge is -2.21. The summed E-state index contributed by atoms with van der Waals surface area (Å²) in [5.41, 5.74) is 2.19. The molecule has 134 valence electrons. The minimum Gasteiger partial charge on any atom is -0.356 e. The quantitative estimate of drug-likeness (QED) is 0.322. The molecule has 3 heterocycles. The number of aromatic nitrogens is 2. The van der Waals surface area contributed by atoms with Crippen molar-refractivity contribution in [3.63, 3.8) is 0 Å². The lowest BCUT2D eigenvalue weighted by atomic mass is 10.1. The lowest BCUT2D eigenvalue weighted by Crippen LogP contribution is -2.39. The third kappa shape index (κ3) is 5.08. The van der Waals surface area contributed by atoms with Crippen molar-refractivity contribution in [1.29, 1.82) is 0 Å². The van der Waals surface area contributed by atoms with Crippen LogP contribution in [-0.4, -0.2) is 41.5 Å². The maximum absolute atomic E-state index is 5.99. The summed E-state index contributed by atoms with van der Waals surface area (Å²) in [7, 11) is 3.83. The largest absolute Gasteiger partial charge is 0.356 e. The number of halogens is 2. The molecule has 3 aromatic heterocycles. The molecule has 0 unspecified atom stereocenters. The number of nitrogens with one attached hydrogen (secondary N) is 2. The second-order valence-electron chi connectivity index (χ2n) is 5.50. The van der Waals surface area contributed by atoms with Crippen LogP contribution in [0.25, 0.3) is 11.0 Å². The summed E-state index contributed by atoms with van der Waals surface area (Å²) in [6, 6.07) is 8.04. The van der Waals surface area contributed by atoms with Crippen molar-refractivity contribution in [3.8, 4) is 0 Å². The van der Waals surface area contributed by atoms with E-state index in [-0.39, 0.29) is 24.0 Å². The zero-order valence-corrected chi connectivity index (χ0v) is 18.0. The summed E-state index contributed by atoms with van der Waals surface area (Å²) in [6.07, 6.45) is 4.73. The molecule has 0 atom stereocenters. The average molecular weight is 490 g/mol. The highest BCUT2D eigenvalue weighted by Gasteiger charge is 2.09. The summed E-state index contributed by atoms with van der Waals surface area (Å²) in [4.78, 5) is 15.2. The number of thiophene rings is 1. The molecule has 0 amide bonds. The molecule has 0 saturated heterocycles. The zero-order chi connectivity index (χ0) is 16.9. The molecule has 0 aromatic carbocycles. The minimum atomic E-state index is 0. The van der Waals surface area contributed by atoms with E-state index in [4.69, 9.17) is 11.6 Å². The van der Waals surface area contributed by atoms with Gasteiger partial charge in [0, 0.05) is 43.3 Å². The predicted octanol–water partition coefficient (Wildman–Crippen LogP) is 4.15. The number of fused-ring (bicyclic) bond motifs is 1. The van der Waals surface area contributed by atoms with Crippen molar-refractivity contribution in [2.45, 2.75) is 13.0 Å². The molecule has 0 aliphatic rings. The minimum absolute atomic E-state index is 0. The molecule has 8 heteroatoms. The maximum Gasteiger partial charge on any atom is 0.193 e. The van der Waals surface area contributed by atoms with Crippen LogP contribution < -0.4 is 5.32 Å². The Balaban J connectivity index is 0.00000225. The molecular formula is C17H21ClIN5S. The van der Waals surface area contributed by atoms with Gasteiger partial charge in [-0.05, 0) is 36.2 Å². The van der Waals surface area contributed by atoms with Gasteiger partial charge in [-0.15, -0.1) is 35.3 Å². The highest BCUT2D eigenvalue weighted by atomic mass is 127. The van der Waals surface area contributed by atoms with Gasteiger partial charge in [0.2, 0.25) is 0 Å². The van der Waals surface area contributed by atoms with Gasteiger partial charge in [0.05, 0.1) is 10.9 Å². The second-order valence-corrected chi connectivity index (χ2v) is 7.30. The molecule has 0 aliphatic carbocycles. The number of pyridine rings is 1. The summed E-state index contributed by atoms with van der Waals surface area (Å²) >= 11 is 7.59. The van der Waals surface area contributed by atoms with E-state index in [9.17, 15) is 0 Å². The van der Waals surface area contributed by atoms with Crippen molar-refractivity contribution in [2.75, 3.05) is 20.6 Å². The van der Waals surface area contributed by atoms with Crippen molar-refractivity contribution >= 4 is 63.9 Å². The van der Waals surface area contributed by atoms with Crippen LogP contribution in [0.1, 0.15) is 10.4 Å². The Hall–Kier alpha value is -1.32. The first-order valence-corrected chi connectivity index (χ1v) is 8.94. The average Bonchev–Trinajstić information content (AvgIpc) is 3.18. The van der Waals surface area contributed by atoms with Crippen LogP contribution in [0.2, 0.25) is 4.34 Å². The molecule has 0 spiro atoms. The van der Waals surface area contributed by atoms with Crippen molar-refractivity contribution < 1.29 is 0 Å². The fraction of sp³-hybridized carbons (Fsp3) is 0.294. The number of rotatable bonds is 5. The molecule has 0 radical (unpaired) electrons. The SMILES string of the molecule is CN=C(NCCc1c[nH]c2ncccc12)N(C)Cc1ccc(Cl)s1.I. The van der Waals surface area contributed by atoms with Crippen LogP contribution >= 0.6 is 46.9 Å². The smallest absolute Gasteiger partial charge is 0.193 e. The molecule has 3 aromatic rings. The van der Waals surface area contributed by atoms with Crippen molar-refractivity contribution in [2.24, 2.45) is 4.99 Å². The number of aliphatic imine (C=N–C) groups is 1. The summed E-state index contributed by atoms with van der Waals surface area (Å²) < 4.78 is 0.814. The molecule has 0 saturated carbocycles. The molecule has 0 fully saturated rings. The number of H-pyrrole nitrogens is 1. The molecule has 25 heavy (non-hydrogen) atoms. The van der Waals surface area contributed by atoms with Crippen LogP contribution in [-0.2, 0) is 13.0 Å². The number of nitrogens with zero attached hydrogens (tertiary/aromatic N) is 3. The standard InChI is InChI=1S/C17H20ClN5S.HI/c1-19-17(23(2)11-13-5-6-15(18)24-13)21-9-7-12-10-22-16-14(12)4-3-8-20-16;/h3-6,8,10H,7,9,11H2,1-2H3,(H,19,21)(H,20,22);1H. The number of aromatic amines is 1. The molecule has 2 N–H and O–H groups in total. The number of hydrogen-bond donors (Lipinski definition) is 2. The fourth-order valence-electron chi connectivity index (χ4n) is 2.66. The van der Waals surface area contributed by atoms with Gasteiger partial charge in [-0.3, -0.25) is 4.99 Å². The van der Waals surface area contributed by atoms with E-state index in [0.717, 1.165) is 35.5 Å². The monoisotopic (exact) mass is 489 g/mol. The Morgan fingerprint density at radius 2 is 2.24 bits per heavy atom. The van der Waals surface area contributed by atoms with Gasteiger partial charge in [0.1, 0.15) is 5.65 Å². The van der Waals surface area contributed by atoms with Gasteiger partial charge in [0.25, 0.3) is 0 Å². The van der Waals surface area contributed by atoms with Crippen LogP contribution in [0.3, 0.4) is 0 Å². The molecule has 5 nitrogen and oxygen atoms in total. The van der Waals surface area contributed by atoms with Crippen LogP contribution in [0.5, 0.6) is 0 Å². The van der Waals surface area contributed by atoms with E-state index < -0.39 is 0 Å². The lowest BCUT2D eigenvalue weighted by molar-refractivity contribution is 0.482. The van der Waals surface area contributed by atoms with E-state index >= 15 is 0 Å². The van der Waals surface area contributed by atoms with Gasteiger partial charge in [-0.1, -0.05) is 11.6 Å². The second kappa shape index (κ2) is 9.40. The maximum atomic E-state index is 5.99. The van der Waals surface area contributed by atoms with Crippen LogP contribution in [0.4, 0.5) is 0 Å². The highest BCUT2D eigenvalue weighted by Crippen LogP contribution is 2.22. The van der Waals surface area contributed by atoms with Gasteiger partial charge < -0.3 is 15.2 Å². The Morgan fingerprint density at radius 1 is 1.40 bits per heavy atom. The third-order valence-electron chi connectivity index (χ3n) is 3.81. The first kappa shape index (κ1) is 20.0. The van der Waals surface area contributed by atoms with E-state index in [1.807, 2.05) is 25.4 Å². The van der Waals surface area contributed by atoms with E-state index in [1.165, 1.54) is 15.8 Å². The van der Waals surface area contributed by atoms with Gasteiger partial charge in [-0.25, -0.2) is 4.98 Å². The fourth-order valence-corrected chi connectivity index (χ4v) is 3.80. The van der Waals surface area contributed by atoms with E-state index in [0.29, 0.717) is 0 Å². The summed E-state index contributed by atoms with van der Waals surface area (Å²) in [6.45, 7) is 1.60. The first-order valence-electron chi connectivity index (χ1n) is 7.74. The normalized spacial score (nSPS) is 11.4. The van der Waals surface area contributed by atoms with Gasteiger partial charge in [-0.2, -0.15) is 0 Å². The molecule has 0 aliphatic heterocycles. The predicted molar refractivity (Wildman–Crippen MR) is 117 cm³/mol. The first-order chi connectivity index (χ1) is 11.7. The molecule has 0 bridgehead atoms. The van der Waals surface area contributed by atoms with E-state index in [2.05, 4.69) is 37.3 Å². The van der Waals surface area contributed by atoms with Crippen LogP contribution in [0, 0.1) is 0 Å². The third-order valence-corrected chi connectivity index (χ3v) is 5.03. The van der Waals surface area contributed by atoms with Crippen molar-refractivity contribution in [1.82, 2.24) is 20.2 Å². The topological polar surface area (TPSA) is 56.3 Å². The van der Waals surface area contributed by atoms with E-state index in [1.54, 1.807) is 24.6 Å². The Kier molecular flexibility index (Phi) is 7.52.